The van der Waals surface area contributed by atoms with Crippen LogP contribution in [0.3, 0.4) is 0 Å². The van der Waals surface area contributed by atoms with Gasteiger partial charge in [-0.1, -0.05) is 38.1 Å². The van der Waals surface area contributed by atoms with E-state index in [2.05, 4.69) is 10.6 Å². The largest absolute Gasteiger partial charge is 0.484 e. The summed E-state index contributed by atoms with van der Waals surface area (Å²) in [6.07, 6.45) is 0.699. The Balaban J connectivity index is 1.73. The van der Waals surface area contributed by atoms with Crippen LogP contribution < -0.4 is 21.1 Å². The first-order valence-electron chi connectivity index (χ1n) is 9.46. The van der Waals surface area contributed by atoms with Crippen LogP contribution in [0.4, 0.5) is 5.69 Å². The number of carbonyl (C=O) groups is 2. The molecule has 0 aliphatic heterocycles. The molecule has 2 aromatic rings. The molecule has 0 heterocycles. The Labute approximate surface area is 166 Å². The van der Waals surface area contributed by atoms with E-state index in [9.17, 15) is 9.59 Å². The minimum absolute atomic E-state index is 0.0591. The van der Waals surface area contributed by atoms with Gasteiger partial charge in [0.1, 0.15) is 5.75 Å². The van der Waals surface area contributed by atoms with Gasteiger partial charge in [0.25, 0.3) is 5.91 Å². The zero-order valence-electron chi connectivity index (χ0n) is 16.7. The van der Waals surface area contributed by atoms with E-state index < -0.39 is 6.04 Å². The minimum atomic E-state index is -0.485. The van der Waals surface area contributed by atoms with Crippen molar-refractivity contribution in [3.05, 3.63) is 59.7 Å². The van der Waals surface area contributed by atoms with E-state index in [4.69, 9.17) is 10.5 Å². The average molecular weight is 383 g/mol. The van der Waals surface area contributed by atoms with Crippen molar-refractivity contribution in [2.75, 3.05) is 18.5 Å². The van der Waals surface area contributed by atoms with E-state index in [0.29, 0.717) is 18.7 Å². The number of nitrogens with one attached hydrogen (secondary N) is 2. The standard InChI is InChI=1S/C22H29N3O3/c1-15(2)21(23)22(27)24-12-11-17-7-9-19(10-8-17)28-14-20(26)25-18-6-4-5-16(3)13-18/h4-10,13,15,21H,11-12,14,23H2,1-3H3,(H,24,27)(H,25,26)/t21-/m0/s1. The number of carbonyl (C=O) groups excluding carboxylic acids is 2. The third-order valence-electron chi connectivity index (χ3n) is 4.33. The number of anilines is 1. The van der Waals surface area contributed by atoms with Crippen LogP contribution in [-0.4, -0.2) is 31.0 Å². The quantitative estimate of drug-likeness (QED) is 0.621. The maximum Gasteiger partial charge on any atom is 0.262 e. The highest BCUT2D eigenvalue weighted by Gasteiger charge is 2.16. The van der Waals surface area contributed by atoms with Gasteiger partial charge >= 0.3 is 0 Å². The number of hydrogen-bond acceptors (Lipinski definition) is 4. The third-order valence-corrected chi connectivity index (χ3v) is 4.33. The van der Waals surface area contributed by atoms with Gasteiger partial charge in [-0.2, -0.15) is 0 Å². The first-order chi connectivity index (χ1) is 13.3. The molecule has 2 rings (SSSR count). The molecule has 150 valence electrons. The second-order valence-corrected chi connectivity index (χ2v) is 7.16. The average Bonchev–Trinajstić information content (AvgIpc) is 2.66. The zero-order chi connectivity index (χ0) is 20.5. The van der Waals surface area contributed by atoms with Gasteiger partial charge in [0.05, 0.1) is 6.04 Å². The fourth-order valence-electron chi connectivity index (χ4n) is 2.57. The van der Waals surface area contributed by atoms with Crippen LogP contribution in [-0.2, 0) is 16.0 Å². The van der Waals surface area contributed by atoms with Crippen molar-refractivity contribution in [1.29, 1.82) is 0 Å². The number of amides is 2. The molecular formula is C22H29N3O3. The lowest BCUT2D eigenvalue weighted by atomic mass is 10.0. The second kappa shape index (κ2) is 10.5. The van der Waals surface area contributed by atoms with Crippen LogP contribution in [0.5, 0.6) is 5.75 Å². The Bertz CT molecular complexity index is 788. The van der Waals surface area contributed by atoms with Gasteiger partial charge < -0.3 is 21.1 Å². The van der Waals surface area contributed by atoms with Gasteiger partial charge in [0.15, 0.2) is 6.61 Å². The third kappa shape index (κ3) is 7.04. The summed E-state index contributed by atoms with van der Waals surface area (Å²) in [5.41, 5.74) is 8.71. The molecule has 0 aliphatic carbocycles. The molecule has 0 bridgehead atoms. The number of benzene rings is 2. The zero-order valence-corrected chi connectivity index (χ0v) is 16.7. The lowest BCUT2D eigenvalue weighted by Crippen LogP contribution is -2.44. The van der Waals surface area contributed by atoms with E-state index >= 15 is 0 Å². The highest BCUT2D eigenvalue weighted by molar-refractivity contribution is 5.91. The van der Waals surface area contributed by atoms with Crippen LogP contribution >= 0.6 is 0 Å². The van der Waals surface area contributed by atoms with Gasteiger partial charge in [-0.3, -0.25) is 9.59 Å². The molecule has 0 aliphatic rings. The minimum Gasteiger partial charge on any atom is -0.484 e. The summed E-state index contributed by atoms with van der Waals surface area (Å²) in [6, 6.07) is 14.6. The summed E-state index contributed by atoms with van der Waals surface area (Å²) < 4.78 is 5.53. The lowest BCUT2D eigenvalue weighted by molar-refractivity contribution is -0.123. The van der Waals surface area contributed by atoms with Crippen LogP contribution in [0.25, 0.3) is 0 Å². The fraction of sp³-hybridized carbons (Fsp3) is 0.364. The SMILES string of the molecule is Cc1cccc(NC(=O)COc2ccc(CCNC(=O)[C@@H](N)C(C)C)cc2)c1. The molecule has 4 N–H and O–H groups in total. The van der Waals surface area contributed by atoms with E-state index in [1.54, 1.807) is 0 Å². The molecular weight excluding hydrogens is 354 g/mol. The molecule has 0 spiro atoms. The Morgan fingerprint density at radius 1 is 1.11 bits per heavy atom. The predicted octanol–water partition coefficient (Wildman–Crippen LogP) is 2.65. The lowest BCUT2D eigenvalue weighted by Gasteiger charge is -2.15. The van der Waals surface area contributed by atoms with Gasteiger partial charge in [0, 0.05) is 12.2 Å². The summed E-state index contributed by atoms with van der Waals surface area (Å²) in [5.74, 6) is 0.391. The maximum atomic E-state index is 12.0. The first-order valence-corrected chi connectivity index (χ1v) is 9.46. The molecule has 2 aromatic carbocycles. The topological polar surface area (TPSA) is 93.5 Å². The summed E-state index contributed by atoms with van der Waals surface area (Å²) >= 11 is 0. The summed E-state index contributed by atoms with van der Waals surface area (Å²) in [5, 5.41) is 5.65. The van der Waals surface area contributed by atoms with E-state index in [1.165, 1.54) is 0 Å². The molecule has 0 saturated carbocycles. The van der Waals surface area contributed by atoms with Crippen molar-refractivity contribution >= 4 is 17.5 Å². The predicted molar refractivity (Wildman–Crippen MR) is 111 cm³/mol. The van der Waals surface area contributed by atoms with Gasteiger partial charge in [-0.25, -0.2) is 0 Å². The maximum absolute atomic E-state index is 12.0. The van der Waals surface area contributed by atoms with Crippen molar-refractivity contribution in [1.82, 2.24) is 5.32 Å². The molecule has 0 unspecified atom stereocenters. The highest BCUT2D eigenvalue weighted by atomic mass is 16.5. The van der Waals surface area contributed by atoms with Crippen molar-refractivity contribution in [2.24, 2.45) is 11.7 Å². The number of hydrogen-bond donors (Lipinski definition) is 3. The van der Waals surface area contributed by atoms with Crippen LogP contribution in [0.2, 0.25) is 0 Å². The monoisotopic (exact) mass is 383 g/mol. The number of ether oxygens (including phenoxy) is 1. The van der Waals surface area contributed by atoms with E-state index in [1.807, 2.05) is 69.3 Å². The molecule has 2 amide bonds. The number of nitrogens with two attached hydrogens (primary N) is 1. The molecule has 0 fully saturated rings. The van der Waals surface area contributed by atoms with Gasteiger partial charge in [-0.15, -0.1) is 0 Å². The highest BCUT2D eigenvalue weighted by Crippen LogP contribution is 2.13. The molecule has 28 heavy (non-hydrogen) atoms. The van der Waals surface area contributed by atoms with E-state index in [0.717, 1.165) is 16.8 Å². The Morgan fingerprint density at radius 3 is 2.46 bits per heavy atom. The smallest absolute Gasteiger partial charge is 0.262 e. The van der Waals surface area contributed by atoms with Crippen LogP contribution in [0.1, 0.15) is 25.0 Å². The Kier molecular flexibility index (Phi) is 8.02. The van der Waals surface area contributed by atoms with Gasteiger partial charge in [-0.05, 0) is 54.7 Å². The van der Waals surface area contributed by atoms with Crippen molar-refractivity contribution in [2.45, 2.75) is 33.2 Å². The van der Waals surface area contributed by atoms with Gasteiger partial charge in [0.2, 0.25) is 5.91 Å². The Hall–Kier alpha value is -2.86. The number of rotatable bonds is 9. The fourth-order valence-corrected chi connectivity index (χ4v) is 2.57. The summed E-state index contributed by atoms with van der Waals surface area (Å²) in [7, 11) is 0. The first kappa shape index (κ1) is 21.4. The Morgan fingerprint density at radius 2 is 1.82 bits per heavy atom. The molecule has 0 saturated heterocycles. The number of aryl methyl sites for hydroxylation is 1. The summed E-state index contributed by atoms with van der Waals surface area (Å²) in [6.45, 7) is 6.28. The van der Waals surface area contributed by atoms with Crippen molar-refractivity contribution in [3.8, 4) is 5.75 Å². The molecule has 1 atom stereocenters. The normalized spacial score (nSPS) is 11.8. The molecule has 6 heteroatoms. The van der Waals surface area contributed by atoms with Crippen LogP contribution in [0, 0.1) is 12.8 Å². The van der Waals surface area contributed by atoms with E-state index in [-0.39, 0.29) is 24.3 Å². The van der Waals surface area contributed by atoms with Crippen LogP contribution in [0.15, 0.2) is 48.5 Å². The molecule has 0 aromatic heterocycles. The van der Waals surface area contributed by atoms with Crippen molar-refractivity contribution < 1.29 is 14.3 Å². The van der Waals surface area contributed by atoms with Crippen molar-refractivity contribution in [3.63, 3.8) is 0 Å². The second-order valence-electron chi connectivity index (χ2n) is 7.16. The molecule has 6 nitrogen and oxygen atoms in total. The summed E-state index contributed by atoms with van der Waals surface area (Å²) in [4.78, 5) is 23.8. The molecule has 0 radical (unpaired) electrons.